The SMILES string of the molecule is CC1(C)c2cccc(c2)-c2nc(-c3ccccc3)nc(n2)C(C)(C)c2cccc(c2)-c2nc(-c3ccccc3)nc1n2. The van der Waals surface area contributed by atoms with Crippen molar-refractivity contribution in [2.24, 2.45) is 0 Å². The van der Waals surface area contributed by atoms with Gasteiger partial charge in [-0.15, -0.1) is 0 Å². The molecule has 0 amide bonds. The van der Waals surface area contributed by atoms with E-state index in [1.165, 1.54) is 0 Å². The van der Waals surface area contributed by atoms with Crippen LogP contribution < -0.4 is 0 Å². The van der Waals surface area contributed by atoms with Crippen molar-refractivity contribution in [3.05, 3.63) is 132 Å². The molecule has 0 N–H and O–H groups in total. The summed E-state index contributed by atoms with van der Waals surface area (Å²) in [7, 11) is 0. The number of nitrogens with zero attached hydrogens (tertiary/aromatic N) is 6. The smallest absolute Gasteiger partial charge is 0.163 e. The molecule has 42 heavy (non-hydrogen) atoms. The van der Waals surface area contributed by atoms with Crippen LogP contribution in [0.3, 0.4) is 0 Å². The Morgan fingerprint density at radius 3 is 1.07 bits per heavy atom. The standard InChI is InChI=1S/C36H30N6/c1-35(2)27-19-11-17-25(21-27)32-38-30(24-15-9-6-10-16-24)40-34(42-32)36(3,4)28-20-12-18-26(22-28)31-37-29(39-33(35)41-31)23-13-7-5-8-14-23/h5-22H,1-4H3. The predicted molar refractivity (Wildman–Crippen MR) is 166 cm³/mol. The third-order valence-corrected chi connectivity index (χ3v) is 8.14. The highest BCUT2D eigenvalue weighted by molar-refractivity contribution is 5.65. The van der Waals surface area contributed by atoms with Gasteiger partial charge in [0.05, 0.1) is 0 Å². The molecule has 6 nitrogen and oxygen atoms in total. The second-order valence-electron chi connectivity index (χ2n) is 11.8. The van der Waals surface area contributed by atoms with Crippen LogP contribution in [-0.2, 0) is 10.8 Å². The van der Waals surface area contributed by atoms with E-state index < -0.39 is 10.8 Å². The molecule has 1 aliphatic rings. The quantitative estimate of drug-likeness (QED) is 0.222. The van der Waals surface area contributed by atoms with Gasteiger partial charge in [0.2, 0.25) is 0 Å². The van der Waals surface area contributed by atoms with E-state index >= 15 is 0 Å². The molecular formula is C36H30N6. The maximum absolute atomic E-state index is 5.09. The lowest BCUT2D eigenvalue weighted by atomic mass is 9.81. The van der Waals surface area contributed by atoms with Crippen LogP contribution in [0.4, 0.5) is 0 Å². The lowest BCUT2D eigenvalue weighted by Crippen LogP contribution is -2.25. The molecule has 6 heteroatoms. The van der Waals surface area contributed by atoms with E-state index in [2.05, 4.69) is 76.2 Å². The van der Waals surface area contributed by atoms with Gasteiger partial charge >= 0.3 is 0 Å². The second-order valence-corrected chi connectivity index (χ2v) is 11.8. The van der Waals surface area contributed by atoms with E-state index in [-0.39, 0.29) is 0 Å². The topological polar surface area (TPSA) is 77.3 Å². The van der Waals surface area contributed by atoms with Crippen molar-refractivity contribution in [1.29, 1.82) is 0 Å². The number of hydrogen-bond donors (Lipinski definition) is 0. The minimum absolute atomic E-state index is 0.531. The summed E-state index contributed by atoms with van der Waals surface area (Å²) in [5.74, 6) is 3.98. The second kappa shape index (κ2) is 9.77. The Bertz CT molecular complexity index is 1790. The van der Waals surface area contributed by atoms with E-state index in [4.69, 9.17) is 29.9 Å². The van der Waals surface area contributed by atoms with Gasteiger partial charge in [-0.2, -0.15) is 0 Å². The fourth-order valence-electron chi connectivity index (χ4n) is 5.35. The van der Waals surface area contributed by atoms with Gasteiger partial charge in [-0.25, -0.2) is 29.9 Å². The molecule has 0 radical (unpaired) electrons. The van der Waals surface area contributed by atoms with Gasteiger partial charge in [-0.1, -0.05) is 97.1 Å². The molecule has 0 aliphatic carbocycles. The summed E-state index contributed by atoms with van der Waals surface area (Å²) in [6, 6.07) is 36.9. The Kier molecular flexibility index (Phi) is 6.01. The van der Waals surface area contributed by atoms with Gasteiger partial charge in [0.25, 0.3) is 0 Å². The van der Waals surface area contributed by atoms with E-state index in [0.717, 1.165) is 33.4 Å². The van der Waals surface area contributed by atoms with Crippen molar-refractivity contribution in [3.8, 4) is 45.6 Å². The Morgan fingerprint density at radius 2 is 0.690 bits per heavy atom. The maximum atomic E-state index is 5.09. The minimum Gasteiger partial charge on any atom is -0.212 e. The first-order valence-corrected chi connectivity index (χ1v) is 14.1. The van der Waals surface area contributed by atoms with Crippen molar-refractivity contribution < 1.29 is 0 Å². The molecule has 0 unspecified atom stereocenters. The van der Waals surface area contributed by atoms with E-state index in [1.54, 1.807) is 0 Å². The first-order valence-electron chi connectivity index (χ1n) is 14.1. The first kappa shape index (κ1) is 25.8. The van der Waals surface area contributed by atoms with Gasteiger partial charge in [0.15, 0.2) is 23.3 Å². The van der Waals surface area contributed by atoms with E-state index in [9.17, 15) is 0 Å². The summed E-state index contributed by atoms with van der Waals surface area (Å²) in [5, 5.41) is 0. The van der Waals surface area contributed by atoms with Crippen molar-refractivity contribution >= 4 is 0 Å². The Hall–Kier alpha value is -5.10. The molecule has 0 atom stereocenters. The Labute approximate surface area is 245 Å². The minimum atomic E-state index is -0.531. The van der Waals surface area contributed by atoms with Crippen LogP contribution in [0.5, 0.6) is 0 Å². The van der Waals surface area contributed by atoms with Crippen LogP contribution in [-0.4, -0.2) is 29.9 Å². The van der Waals surface area contributed by atoms with Gasteiger partial charge < -0.3 is 0 Å². The lowest BCUT2D eigenvalue weighted by molar-refractivity contribution is 0.583. The predicted octanol–water partition coefficient (Wildman–Crippen LogP) is 7.69. The first-order chi connectivity index (χ1) is 20.3. The molecule has 2 aromatic heterocycles. The van der Waals surface area contributed by atoms with Crippen LogP contribution in [0.2, 0.25) is 0 Å². The van der Waals surface area contributed by atoms with Crippen LogP contribution in [0.25, 0.3) is 45.6 Å². The number of rotatable bonds is 2. The van der Waals surface area contributed by atoms with E-state index in [1.807, 2.05) is 60.7 Å². The van der Waals surface area contributed by atoms with Gasteiger partial charge in [-0.3, -0.25) is 0 Å². The maximum Gasteiger partial charge on any atom is 0.163 e. The molecule has 0 fully saturated rings. The number of fused-ring (bicyclic) bond motifs is 10. The molecular weight excluding hydrogens is 516 g/mol. The van der Waals surface area contributed by atoms with Crippen molar-refractivity contribution in [2.75, 3.05) is 0 Å². The Balaban J connectivity index is 1.54. The van der Waals surface area contributed by atoms with Gasteiger partial charge in [0, 0.05) is 33.1 Å². The largest absolute Gasteiger partial charge is 0.212 e. The lowest BCUT2D eigenvalue weighted by Gasteiger charge is -2.27. The highest BCUT2D eigenvalue weighted by atomic mass is 15.1. The summed E-state index contributed by atoms with van der Waals surface area (Å²) in [6.07, 6.45) is 0. The van der Waals surface area contributed by atoms with Crippen LogP contribution in [0, 0.1) is 0 Å². The molecule has 3 heterocycles. The van der Waals surface area contributed by atoms with Crippen LogP contribution in [0.1, 0.15) is 50.5 Å². The zero-order chi connectivity index (χ0) is 28.9. The fraction of sp³-hybridized carbons (Fsp3) is 0.167. The molecule has 0 spiro atoms. The van der Waals surface area contributed by atoms with Crippen LogP contribution in [0.15, 0.2) is 109 Å². The normalized spacial score (nSPS) is 14.6. The van der Waals surface area contributed by atoms with Crippen molar-refractivity contribution in [3.63, 3.8) is 0 Å². The highest BCUT2D eigenvalue weighted by Crippen LogP contribution is 2.37. The molecule has 0 saturated carbocycles. The fourth-order valence-corrected chi connectivity index (χ4v) is 5.35. The molecule has 6 aromatic rings. The molecule has 0 saturated heterocycles. The summed E-state index contributed by atoms with van der Waals surface area (Å²) in [4.78, 5) is 30.2. The third-order valence-electron chi connectivity index (χ3n) is 8.14. The summed E-state index contributed by atoms with van der Waals surface area (Å²) < 4.78 is 0. The number of benzene rings is 4. The average Bonchev–Trinajstić information content (AvgIpc) is 3.05. The zero-order valence-corrected chi connectivity index (χ0v) is 24.1. The summed E-state index contributed by atoms with van der Waals surface area (Å²) >= 11 is 0. The highest BCUT2D eigenvalue weighted by Gasteiger charge is 2.32. The van der Waals surface area contributed by atoms with Crippen molar-refractivity contribution in [2.45, 2.75) is 38.5 Å². The average molecular weight is 547 g/mol. The zero-order valence-electron chi connectivity index (χ0n) is 24.1. The monoisotopic (exact) mass is 546 g/mol. The summed E-state index contributed by atoms with van der Waals surface area (Å²) in [6.45, 7) is 8.61. The van der Waals surface area contributed by atoms with Gasteiger partial charge in [-0.05, 0) is 51.0 Å². The molecule has 7 rings (SSSR count). The number of aromatic nitrogens is 6. The van der Waals surface area contributed by atoms with Crippen molar-refractivity contribution in [1.82, 2.24) is 29.9 Å². The molecule has 1 aliphatic heterocycles. The van der Waals surface area contributed by atoms with Crippen LogP contribution >= 0.6 is 0 Å². The molecule has 204 valence electrons. The Morgan fingerprint density at radius 1 is 0.357 bits per heavy atom. The third kappa shape index (κ3) is 4.45. The van der Waals surface area contributed by atoms with E-state index in [0.29, 0.717) is 34.9 Å². The summed E-state index contributed by atoms with van der Waals surface area (Å²) in [5.41, 5.74) is 4.79. The number of hydrogen-bond acceptors (Lipinski definition) is 6. The molecule has 8 bridgehead atoms. The van der Waals surface area contributed by atoms with Gasteiger partial charge in [0.1, 0.15) is 11.6 Å². The molecule has 4 aromatic carbocycles.